The first-order chi connectivity index (χ1) is 6.03. The molecule has 0 radical (unpaired) electrons. The molecule has 3 nitrogen and oxygen atoms in total. The fourth-order valence-electron chi connectivity index (χ4n) is 1.79. The largest absolute Gasteiger partial charge is 0.221 e. The van der Waals surface area contributed by atoms with Crippen LogP contribution in [0.1, 0.15) is 26.2 Å². The van der Waals surface area contributed by atoms with Crippen LogP contribution in [-0.4, -0.2) is 19.6 Å². The van der Waals surface area contributed by atoms with E-state index in [0.717, 1.165) is 18.8 Å². The van der Waals surface area contributed by atoms with Gasteiger partial charge in [-0.1, -0.05) is 29.3 Å². The van der Waals surface area contributed by atoms with Gasteiger partial charge >= 0.3 is 0 Å². The molecule has 2 atom stereocenters. The second-order valence-electron chi connectivity index (χ2n) is 3.86. The number of hydrogen-bond donors (Lipinski definition) is 1. The van der Waals surface area contributed by atoms with E-state index in [2.05, 4.69) is 27.6 Å². The summed E-state index contributed by atoms with van der Waals surface area (Å²) in [4.78, 5) is 0. The highest BCUT2D eigenvalue weighted by atomic mass is 79.9. The Morgan fingerprint density at radius 2 is 2.15 bits per heavy atom. The topological polar surface area (TPSA) is 46.2 Å². The van der Waals surface area contributed by atoms with Crippen LogP contribution in [0.4, 0.5) is 0 Å². The van der Waals surface area contributed by atoms with E-state index in [0.29, 0.717) is 12.5 Å². The van der Waals surface area contributed by atoms with Gasteiger partial charge in [-0.05, 0) is 24.7 Å². The summed E-state index contributed by atoms with van der Waals surface area (Å²) >= 11 is 2.94. The van der Waals surface area contributed by atoms with E-state index < -0.39 is 10.0 Å². The van der Waals surface area contributed by atoms with E-state index in [1.54, 1.807) is 0 Å². The summed E-state index contributed by atoms with van der Waals surface area (Å²) < 4.78 is 24.8. The molecule has 1 saturated carbocycles. The van der Waals surface area contributed by atoms with Crippen molar-refractivity contribution >= 4 is 26.0 Å². The molecule has 1 fully saturated rings. The highest BCUT2D eigenvalue weighted by Crippen LogP contribution is 2.29. The SMILES string of the molecule is CC1CCC(CNS(=O)(=O)CBr)C1. The van der Waals surface area contributed by atoms with Crippen LogP contribution in [0.2, 0.25) is 0 Å². The third-order valence-corrected chi connectivity index (χ3v) is 5.24. The fraction of sp³-hybridized carbons (Fsp3) is 1.00. The molecule has 1 N–H and O–H groups in total. The number of halogens is 1. The summed E-state index contributed by atoms with van der Waals surface area (Å²) in [6.45, 7) is 2.83. The molecule has 0 spiro atoms. The van der Waals surface area contributed by atoms with Gasteiger partial charge in [-0.15, -0.1) is 0 Å². The van der Waals surface area contributed by atoms with E-state index in [9.17, 15) is 8.42 Å². The smallest absolute Gasteiger partial charge is 0.214 e. The van der Waals surface area contributed by atoms with Crippen LogP contribution in [0, 0.1) is 11.8 Å². The first kappa shape index (κ1) is 11.5. The zero-order valence-corrected chi connectivity index (χ0v) is 10.2. The number of alkyl halides is 1. The Labute approximate surface area is 88.5 Å². The highest BCUT2D eigenvalue weighted by Gasteiger charge is 2.22. The molecule has 0 amide bonds. The van der Waals surface area contributed by atoms with E-state index in [-0.39, 0.29) is 4.66 Å². The first-order valence-corrected chi connectivity index (χ1v) is 7.34. The molecule has 0 aliphatic heterocycles. The monoisotopic (exact) mass is 269 g/mol. The summed E-state index contributed by atoms with van der Waals surface area (Å²) in [5, 5.41) is 0. The number of sulfonamides is 1. The van der Waals surface area contributed by atoms with E-state index in [4.69, 9.17) is 0 Å². The van der Waals surface area contributed by atoms with Gasteiger partial charge in [-0.3, -0.25) is 0 Å². The first-order valence-electron chi connectivity index (χ1n) is 4.57. The van der Waals surface area contributed by atoms with Gasteiger partial charge in [0.15, 0.2) is 0 Å². The lowest BCUT2D eigenvalue weighted by atomic mass is 10.1. The molecule has 0 aromatic carbocycles. The van der Waals surface area contributed by atoms with Gasteiger partial charge in [0.2, 0.25) is 10.0 Å². The number of rotatable bonds is 4. The molecule has 5 heteroatoms. The molecule has 0 aromatic rings. The molecule has 1 aliphatic rings. The zero-order chi connectivity index (χ0) is 9.90. The molecule has 1 aliphatic carbocycles. The summed E-state index contributed by atoms with van der Waals surface area (Å²) in [5.41, 5.74) is 0. The molecular formula is C8H16BrNO2S. The van der Waals surface area contributed by atoms with Gasteiger partial charge in [0.25, 0.3) is 0 Å². The Hall–Kier alpha value is 0.390. The van der Waals surface area contributed by atoms with Crippen molar-refractivity contribution in [3.8, 4) is 0 Å². The van der Waals surface area contributed by atoms with Crippen LogP contribution >= 0.6 is 15.9 Å². The average Bonchev–Trinajstić information content (AvgIpc) is 2.48. The van der Waals surface area contributed by atoms with Crippen LogP contribution in [0.15, 0.2) is 0 Å². The summed E-state index contributed by atoms with van der Waals surface area (Å²) in [5.74, 6) is 1.31. The predicted octanol–water partition coefficient (Wildman–Crippen LogP) is 1.69. The zero-order valence-electron chi connectivity index (χ0n) is 7.79. The Morgan fingerprint density at radius 1 is 1.46 bits per heavy atom. The van der Waals surface area contributed by atoms with Crippen molar-refractivity contribution in [2.45, 2.75) is 26.2 Å². The van der Waals surface area contributed by atoms with Crippen LogP contribution in [-0.2, 0) is 10.0 Å². The van der Waals surface area contributed by atoms with E-state index in [1.165, 1.54) is 6.42 Å². The average molecular weight is 270 g/mol. The molecule has 2 unspecified atom stereocenters. The van der Waals surface area contributed by atoms with Crippen LogP contribution in [0.5, 0.6) is 0 Å². The van der Waals surface area contributed by atoms with Gasteiger partial charge in [-0.25, -0.2) is 13.1 Å². The van der Waals surface area contributed by atoms with Crippen molar-refractivity contribution in [3.63, 3.8) is 0 Å². The van der Waals surface area contributed by atoms with Crippen molar-refractivity contribution in [2.75, 3.05) is 11.2 Å². The molecule has 0 bridgehead atoms. The quantitative estimate of drug-likeness (QED) is 0.790. The third kappa shape index (κ3) is 3.95. The Morgan fingerprint density at radius 3 is 2.62 bits per heavy atom. The summed E-state index contributed by atoms with van der Waals surface area (Å²) in [7, 11) is -3.06. The van der Waals surface area contributed by atoms with Crippen molar-refractivity contribution in [3.05, 3.63) is 0 Å². The highest BCUT2D eigenvalue weighted by molar-refractivity contribution is 9.10. The molecule has 13 heavy (non-hydrogen) atoms. The van der Waals surface area contributed by atoms with Crippen molar-refractivity contribution in [1.82, 2.24) is 4.72 Å². The molecular weight excluding hydrogens is 254 g/mol. The van der Waals surface area contributed by atoms with Gasteiger partial charge in [-0.2, -0.15) is 0 Å². The normalized spacial score (nSPS) is 29.4. The van der Waals surface area contributed by atoms with Gasteiger partial charge < -0.3 is 0 Å². The summed E-state index contributed by atoms with van der Waals surface area (Å²) in [6, 6.07) is 0. The maximum Gasteiger partial charge on any atom is 0.221 e. The predicted molar refractivity (Wildman–Crippen MR) is 57.2 cm³/mol. The van der Waals surface area contributed by atoms with Gasteiger partial charge in [0, 0.05) is 6.54 Å². The van der Waals surface area contributed by atoms with Crippen LogP contribution in [0.25, 0.3) is 0 Å². The Kier molecular flexibility index (Phi) is 4.19. The van der Waals surface area contributed by atoms with Gasteiger partial charge in [0.05, 0.1) is 0 Å². The minimum atomic E-state index is -3.06. The van der Waals surface area contributed by atoms with E-state index >= 15 is 0 Å². The molecule has 0 saturated heterocycles. The fourth-order valence-corrected chi connectivity index (χ4v) is 2.85. The minimum absolute atomic E-state index is 0.00226. The van der Waals surface area contributed by atoms with Crippen molar-refractivity contribution in [2.24, 2.45) is 11.8 Å². The lowest BCUT2D eigenvalue weighted by Crippen LogP contribution is -2.29. The Bertz CT molecular complexity index is 253. The second kappa shape index (κ2) is 4.75. The second-order valence-corrected chi connectivity index (χ2v) is 6.97. The molecule has 0 aromatic heterocycles. The standard InChI is InChI=1S/C8H16BrNO2S/c1-7-2-3-8(4-7)5-10-13(11,12)6-9/h7-8,10H,2-6H2,1H3. The van der Waals surface area contributed by atoms with Crippen LogP contribution in [0.3, 0.4) is 0 Å². The van der Waals surface area contributed by atoms with E-state index in [1.807, 2.05) is 0 Å². The minimum Gasteiger partial charge on any atom is -0.214 e. The maximum absolute atomic E-state index is 11.1. The third-order valence-electron chi connectivity index (χ3n) is 2.54. The lowest BCUT2D eigenvalue weighted by Gasteiger charge is -2.09. The summed E-state index contributed by atoms with van der Waals surface area (Å²) in [6.07, 6.45) is 3.55. The number of nitrogens with one attached hydrogen (secondary N) is 1. The van der Waals surface area contributed by atoms with Gasteiger partial charge in [0.1, 0.15) is 4.66 Å². The lowest BCUT2D eigenvalue weighted by molar-refractivity contribution is 0.500. The van der Waals surface area contributed by atoms with Crippen molar-refractivity contribution < 1.29 is 8.42 Å². The molecule has 1 rings (SSSR count). The van der Waals surface area contributed by atoms with Crippen LogP contribution < -0.4 is 4.72 Å². The maximum atomic E-state index is 11.1. The molecule has 0 heterocycles. The number of hydrogen-bond acceptors (Lipinski definition) is 2. The Balaban J connectivity index is 2.27. The van der Waals surface area contributed by atoms with Crippen molar-refractivity contribution in [1.29, 1.82) is 0 Å². The molecule has 78 valence electrons.